The zero-order valence-corrected chi connectivity index (χ0v) is 14.5. The van der Waals surface area contributed by atoms with Crippen molar-refractivity contribution in [1.82, 2.24) is 9.47 Å². The Morgan fingerprint density at radius 1 is 1.13 bits per heavy atom. The summed E-state index contributed by atoms with van der Waals surface area (Å²) in [6, 6.07) is 16.1. The third kappa shape index (κ3) is 2.38. The molecule has 4 heteroatoms. The number of benzene rings is 2. The summed E-state index contributed by atoms with van der Waals surface area (Å²) >= 11 is 3.44. The number of hydrogen-bond donors (Lipinski definition) is 0. The molecule has 0 saturated heterocycles. The molecule has 1 aromatic heterocycles. The van der Waals surface area contributed by atoms with Gasteiger partial charge in [0.25, 0.3) is 5.91 Å². The van der Waals surface area contributed by atoms with Crippen LogP contribution < -0.4 is 0 Å². The van der Waals surface area contributed by atoms with Crippen LogP contribution in [0.25, 0.3) is 10.9 Å². The molecule has 1 aliphatic heterocycles. The molecule has 0 radical (unpaired) electrons. The van der Waals surface area contributed by atoms with E-state index < -0.39 is 0 Å². The van der Waals surface area contributed by atoms with Gasteiger partial charge >= 0.3 is 0 Å². The molecule has 0 spiro atoms. The van der Waals surface area contributed by atoms with Crippen molar-refractivity contribution >= 4 is 32.7 Å². The van der Waals surface area contributed by atoms with E-state index in [-0.39, 0.29) is 5.91 Å². The third-order valence-electron chi connectivity index (χ3n) is 4.67. The molecule has 2 heterocycles. The van der Waals surface area contributed by atoms with Crippen LogP contribution >= 0.6 is 15.9 Å². The molecule has 116 valence electrons. The number of amides is 1. The van der Waals surface area contributed by atoms with Gasteiger partial charge in [-0.1, -0.05) is 40.2 Å². The van der Waals surface area contributed by atoms with Crippen LogP contribution in [0.15, 0.2) is 53.0 Å². The number of carbonyl (C=O) groups excluding carboxylic acids is 1. The molecule has 0 atom stereocenters. The van der Waals surface area contributed by atoms with Crippen molar-refractivity contribution in [2.24, 2.45) is 7.05 Å². The third-order valence-corrected chi connectivity index (χ3v) is 5.16. The first-order valence-electron chi connectivity index (χ1n) is 7.75. The van der Waals surface area contributed by atoms with Crippen LogP contribution in [0.3, 0.4) is 0 Å². The fourth-order valence-corrected chi connectivity index (χ4v) is 3.91. The van der Waals surface area contributed by atoms with Crippen molar-refractivity contribution < 1.29 is 4.79 Å². The van der Waals surface area contributed by atoms with Crippen LogP contribution in [-0.2, 0) is 20.0 Å². The monoisotopic (exact) mass is 368 g/mol. The predicted octanol–water partition coefficient (Wildman–Crippen LogP) is 4.14. The number of rotatable bonds is 1. The van der Waals surface area contributed by atoms with Gasteiger partial charge in [0.2, 0.25) is 0 Å². The summed E-state index contributed by atoms with van der Waals surface area (Å²) in [4.78, 5) is 14.8. The maximum Gasteiger partial charge on any atom is 0.254 e. The summed E-state index contributed by atoms with van der Waals surface area (Å²) in [5.41, 5.74) is 4.62. The Hall–Kier alpha value is -2.07. The van der Waals surface area contributed by atoms with Gasteiger partial charge < -0.3 is 9.47 Å². The number of aryl methyl sites for hydroxylation is 1. The van der Waals surface area contributed by atoms with Gasteiger partial charge in [-0.2, -0.15) is 0 Å². The van der Waals surface area contributed by atoms with Gasteiger partial charge in [-0.3, -0.25) is 4.79 Å². The molecular weight excluding hydrogens is 352 g/mol. The summed E-state index contributed by atoms with van der Waals surface area (Å²) in [6.45, 7) is 1.45. The summed E-state index contributed by atoms with van der Waals surface area (Å²) in [7, 11) is 2.12. The van der Waals surface area contributed by atoms with Gasteiger partial charge in [0.1, 0.15) is 0 Å². The summed E-state index contributed by atoms with van der Waals surface area (Å²) in [5.74, 6) is 0.102. The van der Waals surface area contributed by atoms with Crippen molar-refractivity contribution in [1.29, 1.82) is 0 Å². The van der Waals surface area contributed by atoms with Crippen LogP contribution in [0.2, 0.25) is 0 Å². The highest BCUT2D eigenvalue weighted by atomic mass is 79.9. The standard InChI is InChI=1S/C19H17BrN2O/c1-21-17-8-3-2-7-15(17)16-12-22(10-9-18(16)21)19(23)13-5-4-6-14(20)11-13/h2-8,11H,9-10,12H2,1H3. The topological polar surface area (TPSA) is 25.2 Å². The van der Waals surface area contributed by atoms with Crippen LogP contribution in [0.4, 0.5) is 0 Å². The van der Waals surface area contributed by atoms with E-state index in [2.05, 4.69) is 51.8 Å². The lowest BCUT2D eigenvalue weighted by molar-refractivity contribution is 0.0734. The van der Waals surface area contributed by atoms with Gasteiger partial charge in [-0.15, -0.1) is 0 Å². The molecule has 0 unspecified atom stereocenters. The number of hydrogen-bond acceptors (Lipinski definition) is 1. The lowest BCUT2D eigenvalue weighted by Crippen LogP contribution is -2.36. The number of nitrogens with zero attached hydrogens (tertiary/aromatic N) is 2. The fraction of sp³-hybridized carbons (Fsp3) is 0.211. The molecule has 0 saturated carbocycles. The molecular formula is C19H17BrN2O. The second kappa shape index (κ2) is 5.53. The molecule has 3 aromatic rings. The van der Waals surface area contributed by atoms with E-state index in [0.29, 0.717) is 6.54 Å². The molecule has 4 rings (SSSR count). The maximum atomic E-state index is 12.8. The van der Waals surface area contributed by atoms with E-state index in [4.69, 9.17) is 0 Å². The minimum absolute atomic E-state index is 0.102. The zero-order valence-electron chi connectivity index (χ0n) is 12.9. The summed E-state index contributed by atoms with van der Waals surface area (Å²) < 4.78 is 3.21. The van der Waals surface area contributed by atoms with E-state index in [1.807, 2.05) is 29.2 Å². The van der Waals surface area contributed by atoms with E-state index in [0.717, 1.165) is 23.0 Å². The lowest BCUT2D eigenvalue weighted by atomic mass is 10.0. The molecule has 0 N–H and O–H groups in total. The molecule has 23 heavy (non-hydrogen) atoms. The van der Waals surface area contributed by atoms with E-state index >= 15 is 0 Å². The Balaban J connectivity index is 1.71. The highest BCUT2D eigenvalue weighted by Crippen LogP contribution is 2.30. The van der Waals surface area contributed by atoms with Crippen LogP contribution in [0.1, 0.15) is 21.6 Å². The maximum absolute atomic E-state index is 12.8. The van der Waals surface area contributed by atoms with E-state index in [1.54, 1.807) is 0 Å². The number of aromatic nitrogens is 1. The van der Waals surface area contributed by atoms with Gasteiger partial charge in [0.05, 0.1) is 0 Å². The highest BCUT2D eigenvalue weighted by molar-refractivity contribution is 9.10. The first-order valence-corrected chi connectivity index (χ1v) is 8.54. The zero-order chi connectivity index (χ0) is 16.0. The Bertz CT molecular complexity index is 913. The number of para-hydroxylation sites is 1. The molecule has 0 aliphatic carbocycles. The Kier molecular flexibility index (Phi) is 3.49. The summed E-state index contributed by atoms with van der Waals surface area (Å²) in [6.07, 6.45) is 0.903. The molecule has 3 nitrogen and oxygen atoms in total. The Labute approximate surface area is 143 Å². The fourth-order valence-electron chi connectivity index (χ4n) is 3.51. The number of carbonyl (C=O) groups is 1. The van der Waals surface area contributed by atoms with Gasteiger partial charge in [0.15, 0.2) is 0 Å². The molecule has 0 fully saturated rings. The smallest absolute Gasteiger partial charge is 0.254 e. The van der Waals surface area contributed by atoms with Crippen molar-refractivity contribution in [3.8, 4) is 0 Å². The van der Waals surface area contributed by atoms with Crippen LogP contribution in [0, 0.1) is 0 Å². The molecule has 1 aliphatic rings. The SMILES string of the molecule is Cn1c2c(c3ccccc31)CN(C(=O)c1cccc(Br)c1)CC2. The first kappa shape index (κ1) is 14.5. The average Bonchev–Trinajstić information content (AvgIpc) is 2.87. The lowest BCUT2D eigenvalue weighted by Gasteiger charge is -2.28. The van der Waals surface area contributed by atoms with Crippen molar-refractivity contribution in [2.75, 3.05) is 6.54 Å². The number of fused-ring (bicyclic) bond motifs is 3. The normalized spacial score (nSPS) is 14.1. The van der Waals surface area contributed by atoms with Crippen molar-refractivity contribution in [3.63, 3.8) is 0 Å². The predicted molar refractivity (Wildman–Crippen MR) is 95.5 cm³/mol. The molecule has 0 bridgehead atoms. The van der Waals surface area contributed by atoms with Crippen LogP contribution in [0.5, 0.6) is 0 Å². The Morgan fingerprint density at radius 2 is 1.96 bits per heavy atom. The van der Waals surface area contributed by atoms with Crippen molar-refractivity contribution in [2.45, 2.75) is 13.0 Å². The van der Waals surface area contributed by atoms with Crippen molar-refractivity contribution in [3.05, 3.63) is 69.8 Å². The minimum Gasteiger partial charge on any atom is -0.347 e. The average molecular weight is 369 g/mol. The van der Waals surface area contributed by atoms with Gasteiger partial charge in [-0.05, 0) is 24.3 Å². The molecule has 2 aromatic carbocycles. The van der Waals surface area contributed by atoms with E-state index in [9.17, 15) is 4.79 Å². The highest BCUT2D eigenvalue weighted by Gasteiger charge is 2.26. The quantitative estimate of drug-likeness (QED) is 0.633. The van der Waals surface area contributed by atoms with Gasteiger partial charge in [-0.25, -0.2) is 0 Å². The Morgan fingerprint density at radius 3 is 2.78 bits per heavy atom. The molecule has 1 amide bonds. The summed E-state index contributed by atoms with van der Waals surface area (Å²) in [5, 5.41) is 1.26. The largest absolute Gasteiger partial charge is 0.347 e. The first-order chi connectivity index (χ1) is 11.1. The second-order valence-corrected chi connectivity index (χ2v) is 6.90. The second-order valence-electron chi connectivity index (χ2n) is 5.99. The minimum atomic E-state index is 0.102. The van der Waals surface area contributed by atoms with E-state index in [1.165, 1.54) is 22.2 Å². The van der Waals surface area contributed by atoms with Gasteiger partial charge in [0, 0.05) is 58.8 Å². The number of halogens is 1. The van der Waals surface area contributed by atoms with Crippen LogP contribution in [-0.4, -0.2) is 21.9 Å².